The Kier molecular flexibility index (Phi) is 6.99. The van der Waals surface area contributed by atoms with Crippen molar-refractivity contribution in [2.75, 3.05) is 38.0 Å². The number of hydrogen-bond acceptors (Lipinski definition) is 4. The lowest BCUT2D eigenvalue weighted by Crippen LogP contribution is -2.58. The largest absolute Gasteiger partial charge is 0.385 e. The molecule has 4 heteroatoms. The number of nitrogens with one attached hydrogen (secondary N) is 2. The summed E-state index contributed by atoms with van der Waals surface area (Å²) in [5.74, 6) is 1.54. The number of nitrogens with zero attached hydrogens (tertiary/aromatic N) is 2. The molecule has 0 radical (unpaired) electrons. The topological polar surface area (TPSA) is 51.1 Å². The average molecular weight is 443 g/mol. The molecule has 1 atom stereocenters. The summed E-state index contributed by atoms with van der Waals surface area (Å²) in [5.41, 5.74) is 5.25. The Morgan fingerprint density at radius 2 is 1.70 bits per heavy atom. The molecule has 1 aliphatic carbocycles. The first-order valence-corrected chi connectivity index (χ1v) is 13.1. The minimum Gasteiger partial charge on any atom is -0.385 e. The summed E-state index contributed by atoms with van der Waals surface area (Å²) in [6.07, 6.45) is 10.5. The van der Waals surface area contributed by atoms with Crippen molar-refractivity contribution in [1.82, 2.24) is 10.2 Å². The molecule has 4 nitrogen and oxygen atoms in total. The van der Waals surface area contributed by atoms with Gasteiger partial charge in [0.25, 0.3) is 0 Å². The number of hydrogen-bond donors (Lipinski definition) is 2. The fourth-order valence-electron chi connectivity index (χ4n) is 6.89. The predicted octanol–water partition coefficient (Wildman–Crippen LogP) is 5.30. The standard InChI is InChI=1S/C29H38N4/c30-22-23-10-12-27(13-11-23)31-17-5-19-33-20-15-26(16-21-33)29(25-7-2-3-8-25)28-9-4-1-6-24(28)14-18-32-29/h1,4,6,9-13,25-26,31-32H,2-3,5,7-8,14-21H2. The van der Waals surface area contributed by atoms with Gasteiger partial charge in [-0.05, 0) is 105 Å². The molecule has 0 aromatic heterocycles. The maximum absolute atomic E-state index is 8.93. The highest BCUT2D eigenvalue weighted by Crippen LogP contribution is 2.50. The van der Waals surface area contributed by atoms with Crippen LogP contribution in [-0.2, 0) is 12.0 Å². The van der Waals surface area contributed by atoms with Gasteiger partial charge in [-0.2, -0.15) is 5.26 Å². The van der Waals surface area contributed by atoms with Crippen LogP contribution < -0.4 is 10.6 Å². The van der Waals surface area contributed by atoms with Gasteiger partial charge >= 0.3 is 0 Å². The van der Waals surface area contributed by atoms with E-state index in [0.29, 0.717) is 5.56 Å². The predicted molar refractivity (Wildman–Crippen MR) is 135 cm³/mol. The molecule has 0 amide bonds. The van der Waals surface area contributed by atoms with Crippen molar-refractivity contribution in [3.8, 4) is 6.07 Å². The number of piperidine rings is 1. The second kappa shape index (κ2) is 10.3. The van der Waals surface area contributed by atoms with Crippen molar-refractivity contribution in [2.45, 2.75) is 56.9 Å². The number of likely N-dealkylation sites (tertiary alicyclic amines) is 1. The maximum Gasteiger partial charge on any atom is 0.0991 e. The van der Waals surface area contributed by atoms with Gasteiger partial charge in [-0.15, -0.1) is 0 Å². The number of nitriles is 1. The molecular weight excluding hydrogens is 404 g/mol. The highest BCUT2D eigenvalue weighted by molar-refractivity contribution is 5.47. The number of rotatable bonds is 7. The SMILES string of the molecule is N#Cc1ccc(NCCCN2CCC(C3(C4CCCC4)NCCc4ccccc43)CC2)cc1. The Labute approximate surface area is 199 Å². The molecule has 0 spiro atoms. The Hall–Kier alpha value is -2.35. The molecule has 2 fully saturated rings. The molecule has 33 heavy (non-hydrogen) atoms. The minimum atomic E-state index is 0.203. The molecule has 2 N–H and O–H groups in total. The molecule has 2 aromatic carbocycles. The summed E-state index contributed by atoms with van der Waals surface area (Å²) < 4.78 is 0. The Bertz CT molecular complexity index is 948. The molecule has 2 aliphatic heterocycles. The first-order chi connectivity index (χ1) is 16.3. The first kappa shape index (κ1) is 22.4. The van der Waals surface area contributed by atoms with Gasteiger partial charge in [-0.1, -0.05) is 37.1 Å². The van der Waals surface area contributed by atoms with Crippen molar-refractivity contribution < 1.29 is 0 Å². The molecule has 3 aliphatic rings. The van der Waals surface area contributed by atoms with E-state index in [1.165, 1.54) is 58.0 Å². The van der Waals surface area contributed by atoms with Crippen molar-refractivity contribution >= 4 is 5.69 Å². The smallest absolute Gasteiger partial charge is 0.0991 e. The molecule has 1 saturated carbocycles. The van der Waals surface area contributed by atoms with E-state index >= 15 is 0 Å². The van der Waals surface area contributed by atoms with Gasteiger partial charge in [0.1, 0.15) is 0 Å². The van der Waals surface area contributed by atoms with Gasteiger partial charge in [-0.25, -0.2) is 0 Å². The Morgan fingerprint density at radius 3 is 2.45 bits per heavy atom. The lowest BCUT2D eigenvalue weighted by Gasteiger charge is -2.52. The molecule has 174 valence electrons. The zero-order valence-corrected chi connectivity index (χ0v) is 19.9. The van der Waals surface area contributed by atoms with Crippen molar-refractivity contribution in [3.05, 3.63) is 65.2 Å². The number of benzene rings is 2. The highest BCUT2D eigenvalue weighted by Gasteiger charge is 2.49. The van der Waals surface area contributed by atoms with Crippen LogP contribution in [-0.4, -0.2) is 37.6 Å². The second-order valence-electron chi connectivity index (χ2n) is 10.3. The second-order valence-corrected chi connectivity index (χ2v) is 10.3. The third-order valence-electron chi connectivity index (χ3n) is 8.50. The summed E-state index contributed by atoms with van der Waals surface area (Å²) in [6, 6.07) is 19.3. The van der Waals surface area contributed by atoms with Crippen LogP contribution in [0, 0.1) is 23.2 Å². The van der Waals surface area contributed by atoms with E-state index in [4.69, 9.17) is 5.26 Å². The fraction of sp³-hybridized carbons (Fsp3) is 0.552. The summed E-state index contributed by atoms with van der Waals surface area (Å²) >= 11 is 0. The maximum atomic E-state index is 8.93. The van der Waals surface area contributed by atoms with Crippen LogP contribution in [0.25, 0.3) is 0 Å². The summed E-state index contributed by atoms with van der Waals surface area (Å²) in [4.78, 5) is 2.67. The zero-order chi connectivity index (χ0) is 22.5. The van der Waals surface area contributed by atoms with Crippen LogP contribution in [0.5, 0.6) is 0 Å². The summed E-state index contributed by atoms with van der Waals surface area (Å²) in [6.45, 7) is 5.72. The molecule has 2 heterocycles. The van der Waals surface area contributed by atoms with Gasteiger partial charge in [0.15, 0.2) is 0 Å². The Morgan fingerprint density at radius 1 is 0.970 bits per heavy atom. The van der Waals surface area contributed by atoms with Crippen LogP contribution in [0.3, 0.4) is 0 Å². The van der Waals surface area contributed by atoms with Crippen LogP contribution >= 0.6 is 0 Å². The van der Waals surface area contributed by atoms with Crippen molar-refractivity contribution in [3.63, 3.8) is 0 Å². The van der Waals surface area contributed by atoms with E-state index in [0.717, 1.165) is 43.6 Å². The van der Waals surface area contributed by atoms with Gasteiger partial charge in [0.2, 0.25) is 0 Å². The van der Waals surface area contributed by atoms with Crippen molar-refractivity contribution in [1.29, 1.82) is 5.26 Å². The molecule has 1 unspecified atom stereocenters. The minimum absolute atomic E-state index is 0.203. The molecule has 1 saturated heterocycles. The quantitative estimate of drug-likeness (QED) is 0.571. The van der Waals surface area contributed by atoms with E-state index in [1.807, 2.05) is 24.3 Å². The first-order valence-electron chi connectivity index (χ1n) is 13.1. The molecule has 0 bridgehead atoms. The number of fused-ring (bicyclic) bond motifs is 1. The molecule has 5 rings (SSSR count). The van der Waals surface area contributed by atoms with Gasteiger partial charge < -0.3 is 15.5 Å². The number of anilines is 1. The summed E-state index contributed by atoms with van der Waals surface area (Å²) in [5, 5.41) is 16.6. The van der Waals surface area contributed by atoms with Crippen LogP contribution in [0.15, 0.2) is 48.5 Å². The van der Waals surface area contributed by atoms with E-state index in [2.05, 4.69) is 45.9 Å². The van der Waals surface area contributed by atoms with Gasteiger partial charge in [0, 0.05) is 24.3 Å². The van der Waals surface area contributed by atoms with Crippen LogP contribution in [0.4, 0.5) is 5.69 Å². The lowest BCUT2D eigenvalue weighted by molar-refractivity contribution is 0.0557. The normalized spacial score (nSPS) is 24.3. The van der Waals surface area contributed by atoms with E-state index in [9.17, 15) is 0 Å². The fourth-order valence-corrected chi connectivity index (χ4v) is 6.89. The highest BCUT2D eigenvalue weighted by atomic mass is 15.1. The van der Waals surface area contributed by atoms with Gasteiger partial charge in [-0.3, -0.25) is 0 Å². The molecule has 2 aromatic rings. The zero-order valence-electron chi connectivity index (χ0n) is 19.9. The van der Waals surface area contributed by atoms with E-state index < -0.39 is 0 Å². The lowest BCUT2D eigenvalue weighted by atomic mass is 9.63. The van der Waals surface area contributed by atoms with Crippen LogP contribution in [0.2, 0.25) is 0 Å². The monoisotopic (exact) mass is 442 g/mol. The average Bonchev–Trinajstić information content (AvgIpc) is 3.43. The van der Waals surface area contributed by atoms with E-state index in [1.54, 1.807) is 11.1 Å². The summed E-state index contributed by atoms with van der Waals surface area (Å²) in [7, 11) is 0. The molecular formula is C29H38N4. The van der Waals surface area contributed by atoms with Crippen molar-refractivity contribution in [2.24, 2.45) is 11.8 Å². The third-order valence-corrected chi connectivity index (χ3v) is 8.50. The van der Waals surface area contributed by atoms with Gasteiger partial charge in [0.05, 0.1) is 11.6 Å². The Balaban J connectivity index is 1.17. The van der Waals surface area contributed by atoms with E-state index in [-0.39, 0.29) is 5.54 Å². The van der Waals surface area contributed by atoms with Crippen LogP contribution in [0.1, 0.15) is 61.6 Å². The third kappa shape index (κ3) is 4.67.